The van der Waals surface area contributed by atoms with Crippen LogP contribution in [0.25, 0.3) is 0 Å². The van der Waals surface area contributed by atoms with Crippen molar-refractivity contribution in [2.75, 3.05) is 6.54 Å². The maximum Gasteiger partial charge on any atom is 0.244 e. The summed E-state index contributed by atoms with van der Waals surface area (Å²) in [6, 6.07) is 6.06. The first-order valence-corrected chi connectivity index (χ1v) is 6.49. The van der Waals surface area contributed by atoms with E-state index in [1.807, 2.05) is 5.01 Å². The van der Waals surface area contributed by atoms with Crippen molar-refractivity contribution in [2.45, 2.75) is 31.8 Å². The molecule has 100 valence electrons. The number of hydrogen-bond donors (Lipinski definition) is 0. The van der Waals surface area contributed by atoms with Gasteiger partial charge >= 0.3 is 0 Å². The van der Waals surface area contributed by atoms with Crippen LogP contribution in [0.4, 0.5) is 4.39 Å². The first-order chi connectivity index (χ1) is 9.15. The van der Waals surface area contributed by atoms with Crippen LogP contribution in [0, 0.1) is 5.82 Å². The van der Waals surface area contributed by atoms with Gasteiger partial charge in [0, 0.05) is 6.54 Å². The van der Waals surface area contributed by atoms with Crippen molar-refractivity contribution in [2.24, 2.45) is 0 Å². The number of halogens is 1. The van der Waals surface area contributed by atoms with E-state index in [1.54, 1.807) is 17.1 Å². The van der Waals surface area contributed by atoms with Gasteiger partial charge in [0.25, 0.3) is 0 Å². The average molecular weight is 262 g/mol. The molecule has 1 aromatic rings. The number of carbonyl (C=O) groups is 2. The quantitative estimate of drug-likeness (QED) is 0.758. The van der Waals surface area contributed by atoms with Crippen LogP contribution >= 0.6 is 0 Å². The average Bonchev–Trinajstić information content (AvgIpc) is 2.84. The van der Waals surface area contributed by atoms with Crippen LogP contribution in [0.2, 0.25) is 0 Å². The number of nitrogens with zero attached hydrogens (tertiary/aromatic N) is 2. The van der Waals surface area contributed by atoms with E-state index in [-0.39, 0.29) is 30.0 Å². The molecular weight excluding hydrogens is 247 g/mol. The molecule has 2 heterocycles. The lowest BCUT2D eigenvalue weighted by Gasteiger charge is -2.39. The van der Waals surface area contributed by atoms with E-state index in [1.165, 1.54) is 12.1 Å². The summed E-state index contributed by atoms with van der Waals surface area (Å²) in [4.78, 5) is 23.8. The molecule has 5 heteroatoms. The van der Waals surface area contributed by atoms with Crippen molar-refractivity contribution >= 4 is 11.7 Å². The predicted molar refractivity (Wildman–Crippen MR) is 66.3 cm³/mol. The van der Waals surface area contributed by atoms with Crippen LogP contribution in [-0.2, 0) is 16.1 Å². The molecule has 1 atom stereocenters. The number of benzene rings is 1. The van der Waals surface area contributed by atoms with E-state index in [9.17, 15) is 14.0 Å². The lowest BCUT2D eigenvalue weighted by Crippen LogP contribution is -2.56. The minimum atomic E-state index is -0.309. The lowest BCUT2D eigenvalue weighted by molar-refractivity contribution is -0.165. The molecule has 0 saturated carbocycles. The molecule has 1 amide bonds. The molecular formula is C14H15FN2O2. The molecule has 0 aromatic heterocycles. The van der Waals surface area contributed by atoms with Gasteiger partial charge in [0.2, 0.25) is 5.91 Å². The fourth-order valence-electron chi connectivity index (χ4n) is 2.86. The molecule has 2 aliphatic heterocycles. The number of carbonyl (C=O) groups excluding carboxylic acids is 2. The van der Waals surface area contributed by atoms with Gasteiger partial charge in [0.1, 0.15) is 5.82 Å². The van der Waals surface area contributed by atoms with Crippen LogP contribution in [0.5, 0.6) is 0 Å². The topological polar surface area (TPSA) is 40.6 Å². The van der Waals surface area contributed by atoms with E-state index < -0.39 is 0 Å². The standard InChI is InChI=1S/C14H15FN2O2/c15-11-4-1-3-10(7-11)9-17-14(19)8-13(18)12-5-2-6-16(12)17/h1,3-4,7,12H,2,5-6,8-9H2/t12-/m0/s1. The summed E-state index contributed by atoms with van der Waals surface area (Å²) in [5.41, 5.74) is 0.744. The third-order valence-electron chi connectivity index (χ3n) is 3.74. The Labute approximate surface area is 110 Å². The Morgan fingerprint density at radius 1 is 1.32 bits per heavy atom. The molecule has 2 fully saturated rings. The van der Waals surface area contributed by atoms with Crippen molar-refractivity contribution in [1.82, 2.24) is 10.0 Å². The first-order valence-electron chi connectivity index (χ1n) is 6.49. The van der Waals surface area contributed by atoms with Gasteiger partial charge in [0.15, 0.2) is 5.78 Å². The third-order valence-corrected chi connectivity index (χ3v) is 3.74. The molecule has 2 saturated heterocycles. The summed E-state index contributed by atoms with van der Waals surface area (Å²) < 4.78 is 13.2. The molecule has 4 nitrogen and oxygen atoms in total. The number of Topliss-reactive ketones (excluding diaryl/α,β-unsaturated/α-hetero) is 1. The van der Waals surface area contributed by atoms with Gasteiger partial charge in [-0.3, -0.25) is 14.6 Å². The largest absolute Gasteiger partial charge is 0.297 e. The number of fused-ring (bicyclic) bond motifs is 1. The minimum Gasteiger partial charge on any atom is -0.297 e. The maximum atomic E-state index is 13.2. The van der Waals surface area contributed by atoms with E-state index in [0.29, 0.717) is 6.54 Å². The lowest BCUT2D eigenvalue weighted by atomic mass is 10.0. The summed E-state index contributed by atoms with van der Waals surface area (Å²) in [5, 5.41) is 3.45. The molecule has 19 heavy (non-hydrogen) atoms. The summed E-state index contributed by atoms with van der Waals surface area (Å²) in [6.07, 6.45) is 1.70. The monoisotopic (exact) mass is 262 g/mol. The second-order valence-electron chi connectivity index (χ2n) is 5.05. The van der Waals surface area contributed by atoms with Crippen LogP contribution in [0.15, 0.2) is 24.3 Å². The fraction of sp³-hybridized carbons (Fsp3) is 0.429. The van der Waals surface area contributed by atoms with Crippen LogP contribution < -0.4 is 0 Å². The smallest absolute Gasteiger partial charge is 0.244 e. The Morgan fingerprint density at radius 2 is 2.16 bits per heavy atom. The normalized spacial score (nSPS) is 23.8. The van der Waals surface area contributed by atoms with Crippen molar-refractivity contribution < 1.29 is 14.0 Å². The molecule has 0 N–H and O–H groups in total. The highest BCUT2D eigenvalue weighted by molar-refractivity contribution is 6.02. The molecule has 0 radical (unpaired) electrons. The zero-order chi connectivity index (χ0) is 13.4. The molecule has 0 unspecified atom stereocenters. The first kappa shape index (κ1) is 12.3. The van der Waals surface area contributed by atoms with Gasteiger partial charge in [-0.25, -0.2) is 9.40 Å². The summed E-state index contributed by atoms with van der Waals surface area (Å²) in [5.74, 6) is -0.485. The van der Waals surface area contributed by atoms with Gasteiger partial charge in [-0.15, -0.1) is 0 Å². The van der Waals surface area contributed by atoms with Gasteiger partial charge in [-0.05, 0) is 30.5 Å². The SMILES string of the molecule is O=C1CC(=O)N(Cc2cccc(F)c2)N2CCC[C@@H]12. The van der Waals surface area contributed by atoms with Crippen molar-refractivity contribution in [3.8, 4) is 0 Å². The van der Waals surface area contributed by atoms with Crippen LogP contribution in [0.3, 0.4) is 0 Å². The van der Waals surface area contributed by atoms with E-state index in [0.717, 1.165) is 24.9 Å². The molecule has 0 bridgehead atoms. The number of ketones is 1. The van der Waals surface area contributed by atoms with Crippen molar-refractivity contribution in [3.63, 3.8) is 0 Å². The Kier molecular flexibility index (Phi) is 3.06. The number of hydrazine groups is 1. The predicted octanol–water partition coefficient (Wildman–Crippen LogP) is 1.51. The molecule has 1 aromatic carbocycles. The summed E-state index contributed by atoms with van der Waals surface area (Å²) in [7, 11) is 0. The van der Waals surface area contributed by atoms with E-state index >= 15 is 0 Å². The van der Waals surface area contributed by atoms with Crippen LogP contribution in [-0.4, -0.2) is 34.3 Å². The third kappa shape index (κ3) is 2.26. The van der Waals surface area contributed by atoms with Gasteiger partial charge in [-0.2, -0.15) is 0 Å². The van der Waals surface area contributed by atoms with E-state index in [4.69, 9.17) is 0 Å². The summed E-state index contributed by atoms with van der Waals surface area (Å²) >= 11 is 0. The molecule has 3 rings (SSSR count). The van der Waals surface area contributed by atoms with Crippen molar-refractivity contribution in [3.05, 3.63) is 35.6 Å². The molecule has 0 aliphatic carbocycles. The summed E-state index contributed by atoms with van der Waals surface area (Å²) in [6.45, 7) is 1.05. The Balaban J connectivity index is 1.83. The Hall–Kier alpha value is -1.75. The second-order valence-corrected chi connectivity index (χ2v) is 5.05. The molecule has 0 spiro atoms. The Morgan fingerprint density at radius 3 is 2.95 bits per heavy atom. The highest BCUT2D eigenvalue weighted by Crippen LogP contribution is 2.27. The molecule has 2 aliphatic rings. The zero-order valence-corrected chi connectivity index (χ0v) is 10.5. The highest BCUT2D eigenvalue weighted by Gasteiger charge is 2.41. The van der Waals surface area contributed by atoms with Gasteiger partial charge in [0.05, 0.1) is 19.0 Å². The second kappa shape index (κ2) is 4.74. The maximum absolute atomic E-state index is 13.2. The highest BCUT2D eigenvalue weighted by atomic mass is 19.1. The van der Waals surface area contributed by atoms with Gasteiger partial charge in [-0.1, -0.05) is 12.1 Å². The minimum absolute atomic E-state index is 0.0120. The number of rotatable bonds is 2. The van der Waals surface area contributed by atoms with Gasteiger partial charge < -0.3 is 0 Å². The van der Waals surface area contributed by atoms with Crippen LogP contribution in [0.1, 0.15) is 24.8 Å². The zero-order valence-electron chi connectivity index (χ0n) is 10.5. The van der Waals surface area contributed by atoms with E-state index in [2.05, 4.69) is 0 Å². The fourth-order valence-corrected chi connectivity index (χ4v) is 2.86. The number of amides is 1. The Bertz CT molecular complexity index is 532. The number of hydrogen-bond acceptors (Lipinski definition) is 3. The van der Waals surface area contributed by atoms with Crippen molar-refractivity contribution in [1.29, 1.82) is 0 Å².